The molecule has 1 aromatic rings. The molecule has 2 rings (SSSR count). The van der Waals surface area contributed by atoms with Crippen LogP contribution < -0.4 is 5.32 Å². The molecule has 1 saturated heterocycles. The molecule has 0 saturated carbocycles. The van der Waals surface area contributed by atoms with Crippen LogP contribution in [0.15, 0.2) is 24.3 Å². The minimum atomic E-state index is 0.0329. The molecule has 1 fully saturated rings. The lowest BCUT2D eigenvalue weighted by Crippen LogP contribution is -2.42. The smallest absolute Gasteiger partial charge is 0.254 e. The molecular formula is C18H26N2O2. The summed E-state index contributed by atoms with van der Waals surface area (Å²) in [5, 5.41) is 2.87. The Bertz CT molecular complexity index is 510. The van der Waals surface area contributed by atoms with Gasteiger partial charge in [0.2, 0.25) is 5.91 Å². The standard InChI is InChI=1S/C18H26N2O2/c1-3-4-8-17(21)19-16-11-9-15(10-12-16)18(22)20-13-6-5-7-14(20)2/h9-12,14H,3-8,13H2,1-2H3,(H,19,21). The molecule has 1 aromatic carbocycles. The molecule has 0 radical (unpaired) electrons. The highest BCUT2D eigenvalue weighted by atomic mass is 16.2. The van der Waals surface area contributed by atoms with E-state index in [1.54, 1.807) is 12.1 Å². The largest absolute Gasteiger partial charge is 0.336 e. The van der Waals surface area contributed by atoms with Crippen molar-refractivity contribution in [3.63, 3.8) is 0 Å². The Kier molecular flexibility index (Phi) is 5.99. The summed E-state index contributed by atoms with van der Waals surface area (Å²) in [6, 6.07) is 7.55. The van der Waals surface area contributed by atoms with Crippen LogP contribution in [0.4, 0.5) is 5.69 Å². The zero-order valence-electron chi connectivity index (χ0n) is 13.6. The highest BCUT2D eigenvalue weighted by Crippen LogP contribution is 2.20. The first-order valence-electron chi connectivity index (χ1n) is 8.32. The predicted octanol–water partition coefficient (Wildman–Crippen LogP) is 3.83. The second-order valence-corrected chi connectivity index (χ2v) is 6.07. The third-order valence-corrected chi connectivity index (χ3v) is 4.24. The molecule has 4 nitrogen and oxygen atoms in total. The van der Waals surface area contributed by atoms with Gasteiger partial charge in [0.25, 0.3) is 5.91 Å². The van der Waals surface area contributed by atoms with Gasteiger partial charge in [0.15, 0.2) is 0 Å². The van der Waals surface area contributed by atoms with E-state index < -0.39 is 0 Å². The summed E-state index contributed by atoms with van der Waals surface area (Å²) in [5.41, 5.74) is 1.45. The van der Waals surface area contributed by atoms with Crippen LogP contribution in [0, 0.1) is 0 Å². The number of hydrogen-bond donors (Lipinski definition) is 1. The summed E-state index contributed by atoms with van der Waals surface area (Å²) in [4.78, 5) is 26.2. The summed E-state index contributed by atoms with van der Waals surface area (Å²) in [5.74, 6) is 0.127. The molecule has 120 valence electrons. The number of nitrogens with zero attached hydrogens (tertiary/aromatic N) is 1. The van der Waals surface area contributed by atoms with E-state index in [1.807, 2.05) is 17.0 Å². The molecule has 0 aromatic heterocycles. The number of rotatable bonds is 5. The molecule has 0 spiro atoms. The number of unbranched alkanes of at least 4 members (excludes halogenated alkanes) is 1. The SMILES string of the molecule is CCCCC(=O)Nc1ccc(C(=O)N2CCCCC2C)cc1. The van der Waals surface area contributed by atoms with Gasteiger partial charge in [-0.1, -0.05) is 13.3 Å². The van der Waals surface area contributed by atoms with Gasteiger partial charge in [-0.05, 0) is 56.9 Å². The number of carbonyl (C=O) groups is 2. The van der Waals surface area contributed by atoms with Crippen LogP contribution in [0.5, 0.6) is 0 Å². The van der Waals surface area contributed by atoms with Crippen LogP contribution in [0.1, 0.15) is 62.7 Å². The molecule has 4 heteroatoms. The monoisotopic (exact) mass is 302 g/mol. The molecule has 22 heavy (non-hydrogen) atoms. The second-order valence-electron chi connectivity index (χ2n) is 6.07. The fraction of sp³-hybridized carbons (Fsp3) is 0.556. The number of amides is 2. The molecule has 2 amide bonds. The molecule has 1 aliphatic heterocycles. The van der Waals surface area contributed by atoms with Gasteiger partial charge in [0.05, 0.1) is 0 Å². The minimum Gasteiger partial charge on any atom is -0.336 e. The lowest BCUT2D eigenvalue weighted by Gasteiger charge is -2.33. The van der Waals surface area contributed by atoms with E-state index >= 15 is 0 Å². The van der Waals surface area contributed by atoms with E-state index in [2.05, 4.69) is 19.2 Å². The third kappa shape index (κ3) is 4.33. The Balaban J connectivity index is 1.96. The Hall–Kier alpha value is -1.84. The molecule has 1 N–H and O–H groups in total. The molecule has 1 atom stereocenters. The number of nitrogens with one attached hydrogen (secondary N) is 1. The number of likely N-dealkylation sites (tertiary alicyclic amines) is 1. The van der Waals surface area contributed by atoms with Crippen molar-refractivity contribution in [2.45, 2.75) is 58.4 Å². The van der Waals surface area contributed by atoms with Crippen molar-refractivity contribution in [3.05, 3.63) is 29.8 Å². The van der Waals surface area contributed by atoms with Crippen LogP contribution in [0.3, 0.4) is 0 Å². The Morgan fingerprint density at radius 3 is 2.59 bits per heavy atom. The lowest BCUT2D eigenvalue weighted by molar-refractivity contribution is -0.116. The van der Waals surface area contributed by atoms with Gasteiger partial charge in [-0.15, -0.1) is 0 Å². The number of hydrogen-bond acceptors (Lipinski definition) is 2. The van der Waals surface area contributed by atoms with Gasteiger partial charge in [-0.25, -0.2) is 0 Å². The first kappa shape index (κ1) is 16.5. The van der Waals surface area contributed by atoms with Gasteiger partial charge >= 0.3 is 0 Å². The minimum absolute atomic E-state index is 0.0329. The highest BCUT2D eigenvalue weighted by molar-refractivity contribution is 5.96. The quantitative estimate of drug-likeness (QED) is 0.898. The van der Waals surface area contributed by atoms with Crippen LogP contribution in [-0.4, -0.2) is 29.3 Å². The lowest BCUT2D eigenvalue weighted by atomic mass is 10.0. The maximum absolute atomic E-state index is 12.5. The van der Waals surface area contributed by atoms with E-state index in [-0.39, 0.29) is 11.8 Å². The van der Waals surface area contributed by atoms with Gasteiger partial charge in [-0.3, -0.25) is 9.59 Å². The van der Waals surface area contributed by atoms with E-state index in [1.165, 1.54) is 6.42 Å². The molecule has 1 unspecified atom stereocenters. The maximum atomic E-state index is 12.5. The van der Waals surface area contributed by atoms with E-state index in [9.17, 15) is 9.59 Å². The summed E-state index contributed by atoms with van der Waals surface area (Å²) in [7, 11) is 0. The summed E-state index contributed by atoms with van der Waals surface area (Å²) >= 11 is 0. The van der Waals surface area contributed by atoms with E-state index in [4.69, 9.17) is 0 Å². The number of anilines is 1. The average Bonchev–Trinajstić information content (AvgIpc) is 2.53. The summed E-state index contributed by atoms with van der Waals surface area (Å²) in [6.45, 7) is 5.02. The normalized spacial score (nSPS) is 18.1. The molecule has 1 aliphatic rings. The number of carbonyl (C=O) groups excluding carboxylic acids is 2. The van der Waals surface area contributed by atoms with Crippen LogP contribution in [-0.2, 0) is 4.79 Å². The Morgan fingerprint density at radius 2 is 1.95 bits per heavy atom. The first-order chi connectivity index (χ1) is 10.6. The average molecular weight is 302 g/mol. The fourth-order valence-electron chi connectivity index (χ4n) is 2.82. The van der Waals surface area contributed by atoms with Crippen molar-refractivity contribution >= 4 is 17.5 Å². The molecule has 0 bridgehead atoms. The maximum Gasteiger partial charge on any atom is 0.254 e. The summed E-state index contributed by atoms with van der Waals surface area (Å²) in [6.07, 6.45) is 5.82. The third-order valence-electron chi connectivity index (χ3n) is 4.24. The summed E-state index contributed by atoms with van der Waals surface area (Å²) < 4.78 is 0. The topological polar surface area (TPSA) is 49.4 Å². The number of piperidine rings is 1. The van der Waals surface area contributed by atoms with Crippen molar-refractivity contribution in [2.24, 2.45) is 0 Å². The first-order valence-corrected chi connectivity index (χ1v) is 8.32. The number of benzene rings is 1. The zero-order valence-corrected chi connectivity index (χ0v) is 13.6. The van der Waals surface area contributed by atoms with Crippen molar-refractivity contribution < 1.29 is 9.59 Å². The highest BCUT2D eigenvalue weighted by Gasteiger charge is 2.23. The van der Waals surface area contributed by atoms with Crippen molar-refractivity contribution in [3.8, 4) is 0 Å². The Labute approximate surface area is 132 Å². The van der Waals surface area contributed by atoms with Gasteiger partial charge < -0.3 is 10.2 Å². The van der Waals surface area contributed by atoms with Crippen molar-refractivity contribution in [2.75, 3.05) is 11.9 Å². The molecule has 1 heterocycles. The van der Waals surface area contributed by atoms with E-state index in [0.717, 1.165) is 37.9 Å². The van der Waals surface area contributed by atoms with Crippen molar-refractivity contribution in [1.82, 2.24) is 4.90 Å². The van der Waals surface area contributed by atoms with Crippen molar-refractivity contribution in [1.29, 1.82) is 0 Å². The van der Waals surface area contributed by atoms with E-state index in [0.29, 0.717) is 18.0 Å². The van der Waals surface area contributed by atoms with Gasteiger partial charge in [0, 0.05) is 30.3 Å². The Morgan fingerprint density at radius 1 is 1.23 bits per heavy atom. The fourth-order valence-corrected chi connectivity index (χ4v) is 2.82. The van der Waals surface area contributed by atoms with Gasteiger partial charge in [0.1, 0.15) is 0 Å². The van der Waals surface area contributed by atoms with Crippen LogP contribution >= 0.6 is 0 Å². The zero-order chi connectivity index (χ0) is 15.9. The molecule has 0 aliphatic carbocycles. The van der Waals surface area contributed by atoms with Gasteiger partial charge in [-0.2, -0.15) is 0 Å². The second kappa shape index (κ2) is 7.97. The molecular weight excluding hydrogens is 276 g/mol. The van der Waals surface area contributed by atoms with Crippen LogP contribution in [0.2, 0.25) is 0 Å². The predicted molar refractivity (Wildman–Crippen MR) is 88.9 cm³/mol. The van der Waals surface area contributed by atoms with Crippen LogP contribution in [0.25, 0.3) is 0 Å².